The van der Waals surface area contributed by atoms with Crippen molar-refractivity contribution in [1.29, 1.82) is 0 Å². The van der Waals surface area contributed by atoms with Crippen molar-refractivity contribution >= 4 is 23.3 Å². The highest BCUT2D eigenvalue weighted by Crippen LogP contribution is 2.19. The zero-order valence-electron chi connectivity index (χ0n) is 13.8. The van der Waals surface area contributed by atoms with Gasteiger partial charge in [-0.05, 0) is 31.2 Å². The lowest BCUT2D eigenvalue weighted by Crippen LogP contribution is -2.52. The minimum Gasteiger partial charge on any atom is -0.373 e. The average molecular weight is 324 g/mol. The molecule has 0 atom stereocenters. The lowest BCUT2D eigenvalue weighted by Gasteiger charge is -2.34. The van der Waals surface area contributed by atoms with Gasteiger partial charge < -0.3 is 15.1 Å². The maximum absolute atomic E-state index is 12.6. The third-order valence-corrected chi connectivity index (χ3v) is 4.12. The van der Waals surface area contributed by atoms with Crippen molar-refractivity contribution in [3.05, 3.63) is 53.7 Å². The summed E-state index contributed by atoms with van der Waals surface area (Å²) in [6.45, 7) is 3.10. The fourth-order valence-electron chi connectivity index (χ4n) is 2.73. The average Bonchev–Trinajstić information content (AvgIpc) is 2.62. The SMILES string of the molecule is CNc1cc(C(=O)N2CCN(c3ccc(C)cc3)C(=O)C2)ccn1. The van der Waals surface area contributed by atoms with Crippen LogP contribution in [0.4, 0.5) is 11.5 Å². The minimum absolute atomic E-state index is 0.0682. The van der Waals surface area contributed by atoms with Gasteiger partial charge in [0.1, 0.15) is 12.4 Å². The van der Waals surface area contributed by atoms with Crippen molar-refractivity contribution in [3.8, 4) is 0 Å². The van der Waals surface area contributed by atoms with Crippen LogP contribution in [0.2, 0.25) is 0 Å². The van der Waals surface area contributed by atoms with Gasteiger partial charge in [-0.25, -0.2) is 4.98 Å². The molecule has 1 fully saturated rings. The van der Waals surface area contributed by atoms with E-state index in [1.807, 2.05) is 31.2 Å². The maximum Gasteiger partial charge on any atom is 0.254 e. The van der Waals surface area contributed by atoms with Gasteiger partial charge in [0.2, 0.25) is 5.91 Å². The summed E-state index contributed by atoms with van der Waals surface area (Å²) in [5.74, 6) is 0.414. The van der Waals surface area contributed by atoms with Crippen molar-refractivity contribution in [2.45, 2.75) is 6.92 Å². The van der Waals surface area contributed by atoms with Crippen LogP contribution in [0.3, 0.4) is 0 Å². The van der Waals surface area contributed by atoms with Crippen molar-refractivity contribution in [2.75, 3.05) is 36.9 Å². The Kier molecular flexibility index (Phi) is 4.46. The number of aryl methyl sites for hydroxylation is 1. The molecule has 0 spiro atoms. The van der Waals surface area contributed by atoms with Crippen LogP contribution in [0.5, 0.6) is 0 Å². The zero-order valence-corrected chi connectivity index (χ0v) is 13.8. The molecule has 3 rings (SSSR count). The van der Waals surface area contributed by atoms with E-state index in [-0.39, 0.29) is 18.4 Å². The third kappa shape index (κ3) is 3.22. The maximum atomic E-state index is 12.6. The first kappa shape index (κ1) is 16.0. The number of nitrogens with zero attached hydrogens (tertiary/aromatic N) is 3. The van der Waals surface area contributed by atoms with Gasteiger partial charge in [0.25, 0.3) is 5.91 Å². The van der Waals surface area contributed by atoms with Gasteiger partial charge in [-0.3, -0.25) is 9.59 Å². The Morgan fingerprint density at radius 2 is 1.92 bits per heavy atom. The fourth-order valence-corrected chi connectivity index (χ4v) is 2.73. The molecule has 1 aromatic carbocycles. The molecule has 2 aromatic rings. The normalized spacial score (nSPS) is 14.7. The number of carbonyl (C=O) groups is 2. The number of aromatic nitrogens is 1. The summed E-state index contributed by atoms with van der Waals surface area (Å²) in [6.07, 6.45) is 1.59. The van der Waals surface area contributed by atoms with Crippen LogP contribution < -0.4 is 10.2 Å². The Morgan fingerprint density at radius 3 is 2.58 bits per heavy atom. The van der Waals surface area contributed by atoms with Crippen LogP contribution in [0.1, 0.15) is 15.9 Å². The Labute approximate surface area is 141 Å². The highest BCUT2D eigenvalue weighted by Gasteiger charge is 2.28. The Hall–Kier alpha value is -2.89. The van der Waals surface area contributed by atoms with Crippen LogP contribution in [0, 0.1) is 6.92 Å². The Bertz CT molecular complexity index is 758. The van der Waals surface area contributed by atoms with Gasteiger partial charge in [0.15, 0.2) is 0 Å². The summed E-state index contributed by atoms with van der Waals surface area (Å²) < 4.78 is 0. The van der Waals surface area contributed by atoms with Crippen molar-refractivity contribution in [2.24, 2.45) is 0 Å². The Morgan fingerprint density at radius 1 is 1.17 bits per heavy atom. The second-order valence-electron chi connectivity index (χ2n) is 5.79. The third-order valence-electron chi connectivity index (χ3n) is 4.12. The molecule has 1 aliphatic heterocycles. The van der Waals surface area contributed by atoms with Crippen LogP contribution in [0.25, 0.3) is 0 Å². The number of piperazine rings is 1. The predicted octanol–water partition coefficient (Wildman–Crippen LogP) is 1.92. The molecule has 2 amide bonds. The zero-order chi connectivity index (χ0) is 17.1. The van der Waals surface area contributed by atoms with E-state index < -0.39 is 0 Å². The van der Waals surface area contributed by atoms with Crippen molar-refractivity contribution in [3.63, 3.8) is 0 Å². The summed E-state index contributed by atoms with van der Waals surface area (Å²) in [4.78, 5) is 32.5. The van der Waals surface area contributed by atoms with Crippen LogP contribution >= 0.6 is 0 Å². The first-order valence-electron chi connectivity index (χ1n) is 7.88. The molecule has 124 valence electrons. The van der Waals surface area contributed by atoms with Gasteiger partial charge in [-0.15, -0.1) is 0 Å². The first-order chi connectivity index (χ1) is 11.6. The number of anilines is 2. The van der Waals surface area contributed by atoms with Gasteiger partial charge >= 0.3 is 0 Å². The van der Waals surface area contributed by atoms with E-state index in [9.17, 15) is 9.59 Å². The molecular formula is C18H20N4O2. The van der Waals surface area contributed by atoms with Crippen LogP contribution in [0.15, 0.2) is 42.6 Å². The van der Waals surface area contributed by atoms with E-state index in [1.54, 1.807) is 35.2 Å². The molecule has 0 unspecified atom stereocenters. The molecule has 1 aromatic heterocycles. The highest BCUT2D eigenvalue weighted by atomic mass is 16.2. The smallest absolute Gasteiger partial charge is 0.254 e. The van der Waals surface area contributed by atoms with Crippen LogP contribution in [-0.4, -0.2) is 48.4 Å². The van der Waals surface area contributed by atoms with Crippen molar-refractivity contribution < 1.29 is 9.59 Å². The Balaban J connectivity index is 1.71. The van der Waals surface area contributed by atoms with Crippen molar-refractivity contribution in [1.82, 2.24) is 9.88 Å². The topological polar surface area (TPSA) is 65.5 Å². The fraction of sp³-hybridized carbons (Fsp3) is 0.278. The molecule has 1 saturated heterocycles. The van der Waals surface area contributed by atoms with E-state index in [0.29, 0.717) is 24.5 Å². The molecule has 6 nitrogen and oxygen atoms in total. The number of rotatable bonds is 3. The molecule has 0 radical (unpaired) electrons. The molecule has 0 saturated carbocycles. The quantitative estimate of drug-likeness (QED) is 0.937. The van der Waals surface area contributed by atoms with E-state index in [0.717, 1.165) is 11.3 Å². The highest BCUT2D eigenvalue weighted by molar-refractivity contribution is 6.01. The summed E-state index contributed by atoms with van der Waals surface area (Å²) in [6, 6.07) is 11.2. The molecule has 0 bridgehead atoms. The lowest BCUT2D eigenvalue weighted by molar-refractivity contribution is -0.120. The predicted molar refractivity (Wildman–Crippen MR) is 93.2 cm³/mol. The first-order valence-corrected chi connectivity index (χ1v) is 7.88. The number of hydrogen-bond donors (Lipinski definition) is 1. The number of benzene rings is 1. The van der Waals surface area contributed by atoms with E-state index in [1.165, 1.54) is 0 Å². The van der Waals surface area contributed by atoms with E-state index in [2.05, 4.69) is 10.3 Å². The van der Waals surface area contributed by atoms with Gasteiger partial charge in [-0.2, -0.15) is 0 Å². The van der Waals surface area contributed by atoms with Gasteiger partial charge in [0.05, 0.1) is 0 Å². The number of pyridine rings is 1. The molecule has 1 N–H and O–H groups in total. The second-order valence-corrected chi connectivity index (χ2v) is 5.79. The van der Waals surface area contributed by atoms with E-state index in [4.69, 9.17) is 0 Å². The molecule has 0 aliphatic carbocycles. The number of hydrogen-bond acceptors (Lipinski definition) is 4. The van der Waals surface area contributed by atoms with Gasteiger partial charge in [-0.1, -0.05) is 17.7 Å². The summed E-state index contributed by atoms with van der Waals surface area (Å²) in [7, 11) is 1.75. The minimum atomic E-state index is -0.147. The number of nitrogens with one attached hydrogen (secondary N) is 1. The molecule has 1 aliphatic rings. The number of carbonyl (C=O) groups excluding carboxylic acids is 2. The lowest BCUT2D eigenvalue weighted by atomic mass is 10.1. The number of amides is 2. The summed E-state index contributed by atoms with van der Waals surface area (Å²) in [5.41, 5.74) is 2.56. The van der Waals surface area contributed by atoms with Crippen LogP contribution in [-0.2, 0) is 4.79 Å². The van der Waals surface area contributed by atoms with Gasteiger partial charge in [0, 0.05) is 37.6 Å². The monoisotopic (exact) mass is 324 g/mol. The summed E-state index contributed by atoms with van der Waals surface area (Å²) in [5, 5.41) is 2.91. The summed E-state index contributed by atoms with van der Waals surface area (Å²) >= 11 is 0. The second kappa shape index (κ2) is 6.70. The van der Waals surface area contributed by atoms with E-state index >= 15 is 0 Å². The molecule has 2 heterocycles. The molecular weight excluding hydrogens is 304 g/mol. The largest absolute Gasteiger partial charge is 0.373 e. The standard InChI is InChI=1S/C18H20N4O2/c1-13-3-5-15(6-4-13)22-10-9-21(12-17(22)23)18(24)14-7-8-20-16(11-14)19-2/h3-8,11H,9-10,12H2,1-2H3,(H,19,20). The molecule has 6 heteroatoms. The molecule has 24 heavy (non-hydrogen) atoms.